The molecule has 0 saturated carbocycles. The summed E-state index contributed by atoms with van der Waals surface area (Å²) in [5.41, 5.74) is 0.961. The van der Waals surface area contributed by atoms with E-state index in [1.54, 1.807) is 24.3 Å². The highest BCUT2D eigenvalue weighted by molar-refractivity contribution is 5.99. The zero-order chi connectivity index (χ0) is 20.5. The van der Waals surface area contributed by atoms with Gasteiger partial charge in [-0.15, -0.1) is 0 Å². The normalized spacial score (nSPS) is 11.2. The summed E-state index contributed by atoms with van der Waals surface area (Å²) in [5, 5.41) is 11.5. The minimum absolute atomic E-state index is 0.00112. The molecule has 0 unspecified atom stereocenters. The SMILES string of the molecule is COC(=O)c1cccc(C(=O)N[C@@H](CC(=O)OCc2ccccc2)C(=O)O)c1. The molecule has 146 valence electrons. The smallest absolute Gasteiger partial charge is 0.337 e. The second-order valence-corrected chi connectivity index (χ2v) is 5.79. The topological polar surface area (TPSA) is 119 Å². The van der Waals surface area contributed by atoms with Crippen LogP contribution in [0.3, 0.4) is 0 Å². The van der Waals surface area contributed by atoms with Crippen molar-refractivity contribution in [2.75, 3.05) is 7.11 Å². The molecule has 0 aromatic heterocycles. The van der Waals surface area contributed by atoms with E-state index in [9.17, 15) is 24.3 Å². The highest BCUT2D eigenvalue weighted by atomic mass is 16.5. The minimum atomic E-state index is -1.47. The molecule has 8 nitrogen and oxygen atoms in total. The number of nitrogens with one attached hydrogen (secondary N) is 1. The summed E-state index contributed by atoms with van der Waals surface area (Å²) in [7, 11) is 1.20. The van der Waals surface area contributed by atoms with Crippen molar-refractivity contribution in [3.63, 3.8) is 0 Å². The molecule has 1 amide bonds. The van der Waals surface area contributed by atoms with Crippen molar-refractivity contribution in [1.29, 1.82) is 0 Å². The predicted molar refractivity (Wildman–Crippen MR) is 97.5 cm³/mol. The number of carboxylic acids is 1. The Morgan fingerprint density at radius 1 is 1.00 bits per heavy atom. The van der Waals surface area contributed by atoms with Crippen LogP contribution in [0.25, 0.3) is 0 Å². The van der Waals surface area contributed by atoms with E-state index in [2.05, 4.69) is 10.1 Å². The van der Waals surface area contributed by atoms with Gasteiger partial charge in [-0.3, -0.25) is 9.59 Å². The molecule has 28 heavy (non-hydrogen) atoms. The van der Waals surface area contributed by atoms with Gasteiger partial charge < -0.3 is 19.9 Å². The Balaban J connectivity index is 1.98. The van der Waals surface area contributed by atoms with Gasteiger partial charge in [0.2, 0.25) is 0 Å². The van der Waals surface area contributed by atoms with E-state index in [-0.39, 0.29) is 17.7 Å². The summed E-state index contributed by atoms with van der Waals surface area (Å²) in [6.07, 6.45) is -0.537. The van der Waals surface area contributed by atoms with Crippen molar-refractivity contribution in [1.82, 2.24) is 5.32 Å². The first-order valence-electron chi connectivity index (χ1n) is 8.32. The van der Waals surface area contributed by atoms with Crippen LogP contribution in [-0.4, -0.2) is 42.1 Å². The van der Waals surface area contributed by atoms with Crippen LogP contribution in [0, 0.1) is 0 Å². The second kappa shape index (κ2) is 9.86. The number of rotatable bonds is 8. The highest BCUT2D eigenvalue weighted by Crippen LogP contribution is 2.08. The van der Waals surface area contributed by atoms with Crippen LogP contribution in [0.15, 0.2) is 54.6 Å². The number of hydrogen-bond donors (Lipinski definition) is 2. The molecule has 0 heterocycles. The van der Waals surface area contributed by atoms with Crippen LogP contribution in [0.1, 0.15) is 32.7 Å². The Morgan fingerprint density at radius 3 is 2.32 bits per heavy atom. The number of carbonyl (C=O) groups is 4. The number of ether oxygens (including phenoxy) is 2. The summed E-state index contributed by atoms with van der Waals surface area (Å²) in [4.78, 5) is 47.2. The minimum Gasteiger partial charge on any atom is -0.480 e. The van der Waals surface area contributed by atoms with Crippen LogP contribution < -0.4 is 5.32 Å². The van der Waals surface area contributed by atoms with Crippen molar-refractivity contribution in [2.45, 2.75) is 19.1 Å². The zero-order valence-corrected chi connectivity index (χ0v) is 15.1. The largest absolute Gasteiger partial charge is 0.480 e. The molecule has 2 N–H and O–H groups in total. The number of aliphatic carboxylic acids is 1. The lowest BCUT2D eigenvalue weighted by Crippen LogP contribution is -2.42. The van der Waals surface area contributed by atoms with Crippen LogP contribution >= 0.6 is 0 Å². The van der Waals surface area contributed by atoms with Crippen molar-refractivity contribution in [3.8, 4) is 0 Å². The average Bonchev–Trinajstić information content (AvgIpc) is 2.71. The lowest BCUT2D eigenvalue weighted by atomic mass is 10.1. The molecule has 2 aromatic carbocycles. The Morgan fingerprint density at radius 2 is 1.68 bits per heavy atom. The first kappa shape index (κ1) is 20.6. The summed E-state index contributed by atoms with van der Waals surface area (Å²) in [6, 6.07) is 13.0. The third-order valence-electron chi connectivity index (χ3n) is 3.76. The van der Waals surface area contributed by atoms with E-state index in [0.29, 0.717) is 0 Å². The molecular formula is C20H19NO7. The fourth-order valence-corrected chi connectivity index (χ4v) is 2.31. The van der Waals surface area contributed by atoms with Gasteiger partial charge in [0.15, 0.2) is 0 Å². The molecule has 0 radical (unpaired) electrons. The van der Waals surface area contributed by atoms with Gasteiger partial charge in [0.25, 0.3) is 5.91 Å². The van der Waals surface area contributed by atoms with E-state index in [4.69, 9.17) is 4.74 Å². The quantitative estimate of drug-likeness (QED) is 0.665. The number of carbonyl (C=O) groups excluding carboxylic acids is 3. The third kappa shape index (κ3) is 5.94. The molecule has 0 spiro atoms. The van der Waals surface area contributed by atoms with Gasteiger partial charge in [-0.25, -0.2) is 9.59 Å². The Hall–Kier alpha value is -3.68. The number of amides is 1. The van der Waals surface area contributed by atoms with E-state index in [1.807, 2.05) is 6.07 Å². The van der Waals surface area contributed by atoms with Crippen molar-refractivity contribution >= 4 is 23.8 Å². The van der Waals surface area contributed by atoms with Crippen molar-refractivity contribution in [3.05, 3.63) is 71.3 Å². The number of hydrogen-bond acceptors (Lipinski definition) is 6. The zero-order valence-electron chi connectivity index (χ0n) is 15.1. The van der Waals surface area contributed by atoms with Crippen LogP contribution in [0.5, 0.6) is 0 Å². The van der Waals surface area contributed by atoms with Gasteiger partial charge in [0, 0.05) is 5.56 Å². The van der Waals surface area contributed by atoms with Gasteiger partial charge >= 0.3 is 17.9 Å². The summed E-state index contributed by atoms with van der Waals surface area (Å²) >= 11 is 0. The number of benzene rings is 2. The van der Waals surface area contributed by atoms with Gasteiger partial charge in [0.05, 0.1) is 19.1 Å². The molecule has 2 rings (SSSR count). The molecular weight excluding hydrogens is 366 g/mol. The van der Waals surface area contributed by atoms with Gasteiger partial charge in [-0.05, 0) is 23.8 Å². The Bertz CT molecular complexity index is 864. The van der Waals surface area contributed by atoms with Crippen LogP contribution in [-0.2, 0) is 25.7 Å². The lowest BCUT2D eigenvalue weighted by molar-refractivity contribution is -0.150. The molecule has 0 fully saturated rings. The maximum atomic E-state index is 12.3. The number of carboxylic acid groups (broad SMARTS) is 1. The summed E-state index contributed by atoms with van der Waals surface area (Å²) in [5.74, 6) is -3.52. The highest BCUT2D eigenvalue weighted by Gasteiger charge is 2.25. The Kier molecular flexibility index (Phi) is 7.27. The lowest BCUT2D eigenvalue weighted by Gasteiger charge is -2.14. The summed E-state index contributed by atoms with van der Waals surface area (Å²) < 4.78 is 9.63. The first-order chi connectivity index (χ1) is 13.4. The van der Waals surface area contributed by atoms with E-state index in [0.717, 1.165) is 5.56 Å². The molecule has 1 atom stereocenters. The fourth-order valence-electron chi connectivity index (χ4n) is 2.31. The van der Waals surface area contributed by atoms with Crippen molar-refractivity contribution in [2.24, 2.45) is 0 Å². The standard InChI is InChI=1S/C20H19NO7/c1-27-20(26)15-9-5-8-14(10-15)18(23)21-16(19(24)25)11-17(22)28-12-13-6-3-2-4-7-13/h2-10,16H,11-12H2,1H3,(H,21,23)(H,24,25)/t16-/m0/s1. The molecule has 0 aliphatic heterocycles. The summed E-state index contributed by atoms with van der Waals surface area (Å²) in [6.45, 7) is 0.00112. The van der Waals surface area contributed by atoms with Crippen molar-refractivity contribution < 1.29 is 33.8 Å². The van der Waals surface area contributed by atoms with E-state index >= 15 is 0 Å². The molecule has 2 aromatic rings. The molecule has 0 aliphatic carbocycles. The fraction of sp³-hybridized carbons (Fsp3) is 0.200. The maximum absolute atomic E-state index is 12.3. The number of esters is 2. The van der Waals surface area contributed by atoms with Gasteiger partial charge in [0.1, 0.15) is 12.6 Å². The Labute approximate surface area is 161 Å². The molecule has 0 bridgehead atoms. The number of methoxy groups -OCH3 is 1. The van der Waals surface area contributed by atoms with Crippen LogP contribution in [0.2, 0.25) is 0 Å². The van der Waals surface area contributed by atoms with Gasteiger partial charge in [-0.1, -0.05) is 36.4 Å². The predicted octanol–water partition coefficient (Wildman–Crippen LogP) is 1.79. The third-order valence-corrected chi connectivity index (χ3v) is 3.76. The van der Waals surface area contributed by atoms with Crippen LogP contribution in [0.4, 0.5) is 0 Å². The first-order valence-corrected chi connectivity index (χ1v) is 8.32. The van der Waals surface area contributed by atoms with E-state index < -0.39 is 36.3 Å². The molecule has 0 saturated heterocycles. The maximum Gasteiger partial charge on any atom is 0.337 e. The second-order valence-electron chi connectivity index (χ2n) is 5.79. The van der Waals surface area contributed by atoms with E-state index in [1.165, 1.54) is 31.4 Å². The van der Waals surface area contributed by atoms with Gasteiger partial charge in [-0.2, -0.15) is 0 Å². The molecule has 0 aliphatic rings. The monoisotopic (exact) mass is 385 g/mol. The average molecular weight is 385 g/mol. The molecule has 8 heteroatoms.